The first-order chi connectivity index (χ1) is 17.8. The van der Waals surface area contributed by atoms with Gasteiger partial charge in [0.05, 0.1) is 35.8 Å². The molecule has 0 aromatic heterocycles. The number of imide groups is 1. The van der Waals surface area contributed by atoms with Gasteiger partial charge >= 0.3 is 5.97 Å². The molecule has 1 fully saturated rings. The number of anilines is 1. The molecule has 0 radical (unpaired) electrons. The molecule has 196 valence electrons. The van der Waals surface area contributed by atoms with Gasteiger partial charge in [0.15, 0.2) is 11.5 Å². The first-order valence-corrected chi connectivity index (χ1v) is 12.8. The molecule has 0 spiro atoms. The molecule has 1 aliphatic rings. The molecule has 2 aromatic rings. The Morgan fingerprint density at radius 1 is 1.11 bits per heavy atom. The van der Waals surface area contributed by atoms with Gasteiger partial charge < -0.3 is 19.5 Å². The summed E-state index contributed by atoms with van der Waals surface area (Å²) in [6, 6.07) is 9.53. The molecule has 11 heteroatoms. The molecule has 0 bridgehead atoms. The van der Waals surface area contributed by atoms with Crippen LogP contribution in [0.1, 0.15) is 42.6 Å². The lowest BCUT2D eigenvalue weighted by molar-refractivity contribution is -0.127. The van der Waals surface area contributed by atoms with Crippen LogP contribution in [0.3, 0.4) is 0 Å². The van der Waals surface area contributed by atoms with Crippen molar-refractivity contribution in [3.8, 4) is 11.5 Å². The summed E-state index contributed by atoms with van der Waals surface area (Å²) in [5.41, 5.74) is 1.00. The first-order valence-electron chi connectivity index (χ1n) is 11.6. The Kier molecular flexibility index (Phi) is 9.99. The molecular weight excluding hydrogens is 520 g/mol. The van der Waals surface area contributed by atoms with Crippen LogP contribution in [0.5, 0.6) is 11.5 Å². The van der Waals surface area contributed by atoms with Crippen molar-refractivity contribution in [2.24, 2.45) is 0 Å². The summed E-state index contributed by atoms with van der Waals surface area (Å²) in [6.07, 6.45) is 3.48. The Morgan fingerprint density at radius 3 is 2.59 bits per heavy atom. The number of amides is 3. The molecule has 9 nitrogen and oxygen atoms in total. The van der Waals surface area contributed by atoms with Crippen molar-refractivity contribution in [1.29, 1.82) is 0 Å². The number of hydrogen-bond acceptors (Lipinski definition) is 8. The molecule has 0 atom stereocenters. The van der Waals surface area contributed by atoms with Crippen molar-refractivity contribution in [2.45, 2.75) is 26.7 Å². The van der Waals surface area contributed by atoms with Gasteiger partial charge in [0.25, 0.3) is 11.1 Å². The van der Waals surface area contributed by atoms with E-state index in [0.29, 0.717) is 23.7 Å². The number of halogens is 1. The Labute approximate surface area is 224 Å². The number of esters is 1. The second kappa shape index (κ2) is 13.2. The van der Waals surface area contributed by atoms with Crippen LogP contribution in [-0.4, -0.2) is 54.8 Å². The lowest BCUT2D eigenvalue weighted by Crippen LogP contribution is -2.36. The van der Waals surface area contributed by atoms with E-state index in [1.807, 2.05) is 0 Å². The number of nitrogens with zero attached hydrogens (tertiary/aromatic N) is 1. The van der Waals surface area contributed by atoms with E-state index in [2.05, 4.69) is 12.2 Å². The number of carbonyl (C=O) groups excluding carboxylic acids is 4. The Bertz CT molecular complexity index is 1230. The van der Waals surface area contributed by atoms with E-state index in [9.17, 15) is 19.2 Å². The minimum absolute atomic E-state index is 0.0904. The Hall–Kier alpha value is -3.50. The summed E-state index contributed by atoms with van der Waals surface area (Å²) in [4.78, 5) is 51.0. The summed E-state index contributed by atoms with van der Waals surface area (Å²) in [5.74, 6) is -0.733. The number of rotatable bonds is 11. The summed E-state index contributed by atoms with van der Waals surface area (Å²) < 4.78 is 16.1. The van der Waals surface area contributed by atoms with E-state index in [4.69, 9.17) is 25.8 Å². The SMILES string of the molecule is CCCCOc1ccc(/C=C2\SC(=O)N(CC(=O)Nc3ccc(Cl)c(C(=O)OCC)c3)C2=O)cc1OC. The number of nitrogens with one attached hydrogen (secondary N) is 1. The largest absolute Gasteiger partial charge is 0.493 e. The summed E-state index contributed by atoms with van der Waals surface area (Å²) in [7, 11) is 1.52. The maximum Gasteiger partial charge on any atom is 0.339 e. The molecule has 3 rings (SSSR count). The average molecular weight is 547 g/mol. The van der Waals surface area contributed by atoms with Crippen molar-refractivity contribution >= 4 is 58.1 Å². The van der Waals surface area contributed by atoms with Crippen LogP contribution < -0.4 is 14.8 Å². The number of benzene rings is 2. The third kappa shape index (κ3) is 7.27. The highest BCUT2D eigenvalue weighted by atomic mass is 35.5. The predicted molar refractivity (Wildman–Crippen MR) is 142 cm³/mol. The number of thioether (sulfide) groups is 1. The van der Waals surface area contributed by atoms with Crippen LogP contribution in [-0.2, 0) is 14.3 Å². The van der Waals surface area contributed by atoms with Gasteiger partial charge in [0, 0.05) is 5.69 Å². The van der Waals surface area contributed by atoms with E-state index < -0.39 is 29.6 Å². The van der Waals surface area contributed by atoms with Gasteiger partial charge in [0.1, 0.15) is 6.54 Å². The van der Waals surface area contributed by atoms with Gasteiger partial charge in [-0.15, -0.1) is 0 Å². The fraction of sp³-hybridized carbons (Fsp3) is 0.308. The lowest BCUT2D eigenvalue weighted by Gasteiger charge is -2.13. The van der Waals surface area contributed by atoms with E-state index in [1.54, 1.807) is 31.2 Å². The van der Waals surface area contributed by atoms with E-state index >= 15 is 0 Å². The average Bonchev–Trinajstić information content (AvgIpc) is 3.13. The van der Waals surface area contributed by atoms with E-state index in [0.717, 1.165) is 29.5 Å². The third-order valence-electron chi connectivity index (χ3n) is 5.16. The maximum atomic E-state index is 12.9. The van der Waals surface area contributed by atoms with Crippen LogP contribution in [0.4, 0.5) is 10.5 Å². The first kappa shape index (κ1) is 28.1. The molecule has 1 aliphatic heterocycles. The van der Waals surface area contributed by atoms with Crippen LogP contribution in [0.15, 0.2) is 41.3 Å². The van der Waals surface area contributed by atoms with Gasteiger partial charge in [0.2, 0.25) is 5.91 Å². The quantitative estimate of drug-likeness (QED) is 0.227. The molecule has 1 N–H and O–H groups in total. The molecular formula is C26H27ClN2O7S. The fourth-order valence-electron chi connectivity index (χ4n) is 3.32. The van der Waals surface area contributed by atoms with Crippen molar-refractivity contribution < 1.29 is 33.4 Å². The van der Waals surface area contributed by atoms with Crippen LogP contribution >= 0.6 is 23.4 Å². The smallest absolute Gasteiger partial charge is 0.339 e. The highest BCUT2D eigenvalue weighted by Crippen LogP contribution is 2.34. The normalized spacial score (nSPS) is 14.2. The van der Waals surface area contributed by atoms with E-state index in [-0.39, 0.29) is 27.8 Å². The number of hydrogen-bond donors (Lipinski definition) is 1. The van der Waals surface area contributed by atoms with Crippen molar-refractivity contribution in [3.63, 3.8) is 0 Å². The molecule has 0 saturated carbocycles. The van der Waals surface area contributed by atoms with Gasteiger partial charge in [-0.3, -0.25) is 19.3 Å². The Morgan fingerprint density at radius 2 is 1.89 bits per heavy atom. The fourth-order valence-corrected chi connectivity index (χ4v) is 4.35. The van der Waals surface area contributed by atoms with E-state index in [1.165, 1.54) is 25.3 Å². The molecule has 1 heterocycles. The number of carbonyl (C=O) groups is 4. The standard InChI is InChI=1S/C26H27ClN2O7S/c1-4-6-11-36-20-10-7-16(12-21(20)34-3)13-22-24(31)29(26(33)37-22)15-23(30)28-17-8-9-19(27)18(14-17)25(32)35-5-2/h7-10,12-14H,4-6,11,15H2,1-3H3,(H,28,30)/b22-13-. The molecule has 3 amide bonds. The highest BCUT2D eigenvalue weighted by Gasteiger charge is 2.36. The van der Waals surface area contributed by atoms with Crippen LogP contribution in [0.2, 0.25) is 5.02 Å². The number of unbranched alkanes of at least 4 members (excludes halogenated alkanes) is 1. The molecule has 0 aliphatic carbocycles. The molecule has 2 aromatic carbocycles. The monoisotopic (exact) mass is 546 g/mol. The summed E-state index contributed by atoms with van der Waals surface area (Å²) >= 11 is 6.78. The topological polar surface area (TPSA) is 111 Å². The number of methoxy groups -OCH3 is 1. The summed E-state index contributed by atoms with van der Waals surface area (Å²) in [5, 5.41) is 2.17. The molecule has 37 heavy (non-hydrogen) atoms. The third-order valence-corrected chi connectivity index (χ3v) is 6.40. The zero-order chi connectivity index (χ0) is 26.9. The van der Waals surface area contributed by atoms with Crippen molar-refractivity contribution in [1.82, 2.24) is 4.90 Å². The zero-order valence-electron chi connectivity index (χ0n) is 20.7. The minimum atomic E-state index is -0.628. The Balaban J connectivity index is 1.68. The summed E-state index contributed by atoms with van der Waals surface area (Å²) in [6.45, 7) is 3.97. The van der Waals surface area contributed by atoms with Gasteiger partial charge in [-0.25, -0.2) is 4.79 Å². The van der Waals surface area contributed by atoms with Gasteiger partial charge in [-0.05, 0) is 67.1 Å². The van der Waals surface area contributed by atoms with Gasteiger partial charge in [-0.2, -0.15) is 0 Å². The van der Waals surface area contributed by atoms with Gasteiger partial charge in [-0.1, -0.05) is 31.0 Å². The van der Waals surface area contributed by atoms with Crippen molar-refractivity contribution in [3.05, 3.63) is 57.5 Å². The predicted octanol–water partition coefficient (Wildman–Crippen LogP) is 5.38. The maximum absolute atomic E-state index is 12.9. The molecule has 1 saturated heterocycles. The van der Waals surface area contributed by atoms with Crippen LogP contribution in [0, 0.1) is 0 Å². The number of ether oxygens (including phenoxy) is 3. The highest BCUT2D eigenvalue weighted by molar-refractivity contribution is 8.18. The minimum Gasteiger partial charge on any atom is -0.493 e. The lowest BCUT2D eigenvalue weighted by atomic mass is 10.2. The van der Waals surface area contributed by atoms with Crippen LogP contribution in [0.25, 0.3) is 6.08 Å². The molecule has 0 unspecified atom stereocenters. The van der Waals surface area contributed by atoms with Crippen molar-refractivity contribution in [2.75, 3.05) is 32.2 Å². The second-order valence-electron chi connectivity index (χ2n) is 7.84. The second-order valence-corrected chi connectivity index (χ2v) is 9.24. The zero-order valence-corrected chi connectivity index (χ0v) is 22.2.